The van der Waals surface area contributed by atoms with Crippen molar-refractivity contribution in [2.24, 2.45) is 23.7 Å². The van der Waals surface area contributed by atoms with Crippen molar-refractivity contribution < 1.29 is 4.79 Å². The van der Waals surface area contributed by atoms with Crippen molar-refractivity contribution in [3.8, 4) is 0 Å². The summed E-state index contributed by atoms with van der Waals surface area (Å²) in [4.78, 5) is 24.5. The predicted molar refractivity (Wildman–Crippen MR) is 166 cm³/mol. The molecule has 38 heavy (non-hydrogen) atoms. The molecule has 1 unspecified atom stereocenters. The average molecular weight is 560 g/mol. The van der Waals surface area contributed by atoms with Crippen LogP contribution in [-0.2, 0) is 30.5 Å². The van der Waals surface area contributed by atoms with E-state index < -0.39 is 0 Å². The number of anilines is 1. The molecular weight excluding hydrogens is 507 g/mol. The summed E-state index contributed by atoms with van der Waals surface area (Å²) in [5, 5.41) is 5.17. The maximum absolute atomic E-state index is 12.1. The molecule has 0 saturated heterocycles. The molecule has 2 aliphatic rings. The molecule has 2 heterocycles. The summed E-state index contributed by atoms with van der Waals surface area (Å²) in [6, 6.07) is 0. The molecule has 0 aromatic carbocycles. The second kappa shape index (κ2) is 15.5. The van der Waals surface area contributed by atoms with Crippen molar-refractivity contribution in [3.63, 3.8) is 0 Å². The van der Waals surface area contributed by atoms with Crippen molar-refractivity contribution in [3.05, 3.63) is 26.1 Å². The van der Waals surface area contributed by atoms with Crippen LogP contribution in [0, 0.1) is 23.7 Å². The number of carbonyl (C=O) groups is 1. The molecular formula is C32H53N3OS2. The van der Waals surface area contributed by atoms with E-state index >= 15 is 0 Å². The SMILES string of the molecule is CCCC[C@@H]1CCc2nc(C(C)C)sc2C1.CCCC[C@@H]1CCc2nc(NC(=O)CC(C)C(C)C)sc2C1. The first-order valence-corrected chi connectivity index (χ1v) is 17.1. The monoisotopic (exact) mass is 559 g/mol. The molecule has 4 rings (SSSR count). The van der Waals surface area contributed by atoms with Gasteiger partial charge < -0.3 is 5.32 Å². The van der Waals surface area contributed by atoms with Gasteiger partial charge in [0.1, 0.15) is 0 Å². The summed E-state index contributed by atoms with van der Waals surface area (Å²) in [5.41, 5.74) is 2.64. The number of rotatable bonds is 11. The Morgan fingerprint density at radius 3 is 1.95 bits per heavy atom. The first kappa shape index (κ1) is 31.3. The number of hydrogen-bond donors (Lipinski definition) is 1. The number of amides is 1. The zero-order chi connectivity index (χ0) is 27.7. The van der Waals surface area contributed by atoms with Crippen molar-refractivity contribution in [2.45, 2.75) is 138 Å². The van der Waals surface area contributed by atoms with Gasteiger partial charge in [0, 0.05) is 22.1 Å². The lowest BCUT2D eigenvalue weighted by Gasteiger charge is -2.20. The molecule has 0 aliphatic heterocycles. The number of nitrogens with zero attached hydrogens (tertiary/aromatic N) is 2. The number of carbonyl (C=O) groups excluding carboxylic acids is 1. The van der Waals surface area contributed by atoms with E-state index in [9.17, 15) is 4.79 Å². The maximum Gasteiger partial charge on any atom is 0.226 e. The molecule has 0 radical (unpaired) electrons. The second-order valence-corrected chi connectivity index (χ2v) is 14.6. The van der Waals surface area contributed by atoms with Gasteiger partial charge in [0.25, 0.3) is 0 Å². The normalized spacial score (nSPS) is 19.5. The highest BCUT2D eigenvalue weighted by molar-refractivity contribution is 7.15. The Labute approximate surface area is 240 Å². The van der Waals surface area contributed by atoms with E-state index in [1.807, 2.05) is 11.3 Å². The van der Waals surface area contributed by atoms with Gasteiger partial charge in [0.15, 0.2) is 5.13 Å². The molecule has 2 aromatic heterocycles. The number of fused-ring (bicyclic) bond motifs is 2. The number of unbranched alkanes of at least 4 members (excludes halogenated alkanes) is 2. The molecule has 4 nitrogen and oxygen atoms in total. The highest BCUT2D eigenvalue weighted by Crippen LogP contribution is 2.35. The van der Waals surface area contributed by atoms with E-state index in [-0.39, 0.29) is 5.91 Å². The summed E-state index contributed by atoms with van der Waals surface area (Å²) in [5.74, 6) is 3.41. The van der Waals surface area contributed by atoms with Gasteiger partial charge in [0.2, 0.25) is 5.91 Å². The minimum Gasteiger partial charge on any atom is -0.302 e. The van der Waals surface area contributed by atoms with E-state index in [2.05, 4.69) is 58.8 Å². The average Bonchev–Trinajstić information content (AvgIpc) is 3.49. The molecule has 1 N–H and O–H groups in total. The Balaban J connectivity index is 0.000000221. The van der Waals surface area contributed by atoms with Crippen LogP contribution in [0.1, 0.15) is 138 Å². The first-order valence-electron chi connectivity index (χ1n) is 15.5. The predicted octanol–water partition coefficient (Wildman–Crippen LogP) is 9.62. The van der Waals surface area contributed by atoms with E-state index in [4.69, 9.17) is 4.98 Å². The van der Waals surface area contributed by atoms with Crippen LogP contribution in [-0.4, -0.2) is 15.9 Å². The van der Waals surface area contributed by atoms with E-state index in [1.54, 1.807) is 16.2 Å². The largest absolute Gasteiger partial charge is 0.302 e. The summed E-state index contributed by atoms with van der Waals surface area (Å²) in [6.07, 6.45) is 16.1. The molecule has 6 heteroatoms. The van der Waals surface area contributed by atoms with E-state index in [0.29, 0.717) is 24.2 Å². The van der Waals surface area contributed by atoms with Crippen LogP contribution < -0.4 is 5.32 Å². The van der Waals surface area contributed by atoms with Gasteiger partial charge in [-0.3, -0.25) is 4.79 Å². The van der Waals surface area contributed by atoms with Crippen LogP contribution in [0.5, 0.6) is 0 Å². The number of thiazole rings is 2. The van der Waals surface area contributed by atoms with Crippen LogP contribution in [0.2, 0.25) is 0 Å². The third-order valence-corrected chi connectivity index (χ3v) is 10.9. The zero-order valence-corrected chi connectivity index (χ0v) is 26.8. The Morgan fingerprint density at radius 1 is 0.868 bits per heavy atom. The Kier molecular flexibility index (Phi) is 12.8. The minimum absolute atomic E-state index is 0.106. The zero-order valence-electron chi connectivity index (χ0n) is 25.2. The fraction of sp³-hybridized carbons (Fsp3) is 0.781. The van der Waals surface area contributed by atoms with Crippen LogP contribution in [0.4, 0.5) is 5.13 Å². The molecule has 214 valence electrons. The highest BCUT2D eigenvalue weighted by atomic mass is 32.1. The van der Waals surface area contributed by atoms with Crippen molar-refractivity contribution >= 4 is 33.7 Å². The highest BCUT2D eigenvalue weighted by Gasteiger charge is 2.24. The third-order valence-electron chi connectivity index (χ3n) is 8.42. The molecule has 0 spiro atoms. The Morgan fingerprint density at radius 2 is 1.42 bits per heavy atom. The lowest BCUT2D eigenvalue weighted by molar-refractivity contribution is -0.117. The lowest BCUT2D eigenvalue weighted by atomic mass is 9.87. The topological polar surface area (TPSA) is 54.9 Å². The van der Waals surface area contributed by atoms with Gasteiger partial charge in [-0.15, -0.1) is 22.7 Å². The molecule has 2 aromatic rings. The molecule has 2 aliphatic carbocycles. The summed E-state index contributed by atoms with van der Waals surface area (Å²) < 4.78 is 0. The summed E-state index contributed by atoms with van der Waals surface area (Å²) >= 11 is 3.66. The van der Waals surface area contributed by atoms with Crippen molar-refractivity contribution in [1.82, 2.24) is 9.97 Å². The van der Waals surface area contributed by atoms with Crippen LogP contribution in [0.15, 0.2) is 0 Å². The summed E-state index contributed by atoms with van der Waals surface area (Å²) in [6.45, 7) is 15.5. The number of hydrogen-bond acceptors (Lipinski definition) is 5. The fourth-order valence-corrected chi connectivity index (χ4v) is 7.75. The van der Waals surface area contributed by atoms with Crippen molar-refractivity contribution in [1.29, 1.82) is 0 Å². The Hall–Kier alpha value is -1.27. The fourth-order valence-electron chi connectivity index (χ4n) is 5.38. The first-order chi connectivity index (χ1) is 18.2. The molecule has 1 amide bonds. The smallest absolute Gasteiger partial charge is 0.226 e. The van der Waals surface area contributed by atoms with Gasteiger partial charge in [0.05, 0.1) is 16.4 Å². The number of nitrogens with one attached hydrogen (secondary N) is 1. The van der Waals surface area contributed by atoms with Gasteiger partial charge in [-0.2, -0.15) is 0 Å². The third kappa shape index (κ3) is 9.43. The molecule has 0 fully saturated rings. The van der Waals surface area contributed by atoms with Crippen LogP contribution in [0.3, 0.4) is 0 Å². The Bertz CT molecular complexity index is 993. The number of aryl methyl sites for hydroxylation is 2. The lowest BCUT2D eigenvalue weighted by Crippen LogP contribution is -2.17. The molecule has 3 atom stereocenters. The van der Waals surface area contributed by atoms with Gasteiger partial charge >= 0.3 is 0 Å². The quantitative estimate of drug-likeness (QED) is 0.298. The number of aromatic nitrogens is 2. The molecule has 0 saturated carbocycles. The van der Waals surface area contributed by atoms with E-state index in [1.165, 1.54) is 85.5 Å². The van der Waals surface area contributed by atoms with Gasteiger partial charge in [-0.25, -0.2) is 9.97 Å². The van der Waals surface area contributed by atoms with Gasteiger partial charge in [-0.05, 0) is 62.2 Å². The minimum atomic E-state index is 0.106. The molecule has 0 bridgehead atoms. The second-order valence-electron chi connectivity index (χ2n) is 12.4. The van der Waals surface area contributed by atoms with Crippen LogP contribution >= 0.6 is 22.7 Å². The summed E-state index contributed by atoms with van der Waals surface area (Å²) in [7, 11) is 0. The standard InChI is InChI=1S/C18H30N2OS.C14H23NS/c1-5-6-7-14-8-9-15-16(11-14)22-18(19-15)20-17(21)10-13(4)12(2)3;1-4-5-6-11-7-8-12-13(9-11)16-14(15-12)10(2)3/h12-14H,5-11H2,1-4H3,(H,19,20,21);10-11H,4-9H2,1-3H3/t13?,14-;11-/m11/s1. The van der Waals surface area contributed by atoms with Gasteiger partial charge in [-0.1, -0.05) is 87.0 Å². The van der Waals surface area contributed by atoms with Crippen molar-refractivity contribution in [2.75, 3.05) is 5.32 Å². The van der Waals surface area contributed by atoms with Crippen LogP contribution in [0.25, 0.3) is 0 Å². The maximum atomic E-state index is 12.1. The van der Waals surface area contributed by atoms with E-state index in [0.717, 1.165) is 29.8 Å².